The molecule has 6 nitrogen and oxygen atoms in total. The molecule has 0 bridgehead atoms. The summed E-state index contributed by atoms with van der Waals surface area (Å²) in [7, 11) is -1.31. The molecule has 1 aliphatic heterocycles. The third-order valence-corrected chi connectivity index (χ3v) is 3.56. The van der Waals surface area contributed by atoms with Crippen LogP contribution in [0.1, 0.15) is 35.7 Å². The summed E-state index contributed by atoms with van der Waals surface area (Å²) in [6.07, 6.45) is 1.34. The van der Waals surface area contributed by atoms with Crippen molar-refractivity contribution in [3.05, 3.63) is 28.3 Å². The molecule has 0 aromatic heterocycles. The van der Waals surface area contributed by atoms with E-state index < -0.39 is 19.0 Å². The molecular formula is C13H15BClNO5. The zero-order valence-electron chi connectivity index (χ0n) is 11.4. The molecule has 1 aliphatic rings. The lowest BCUT2D eigenvalue weighted by Crippen LogP contribution is -2.53. The van der Waals surface area contributed by atoms with Crippen LogP contribution in [0.2, 0.25) is 5.02 Å². The van der Waals surface area contributed by atoms with Gasteiger partial charge in [0.15, 0.2) is 0 Å². The van der Waals surface area contributed by atoms with Gasteiger partial charge < -0.3 is 20.1 Å². The van der Waals surface area contributed by atoms with Crippen LogP contribution in [0, 0.1) is 0 Å². The van der Waals surface area contributed by atoms with Crippen LogP contribution in [-0.2, 0) is 11.2 Å². The number of carbonyl (C=O) groups excluding carboxylic acids is 1. The normalized spacial score (nSPS) is 16.9. The Hall–Kier alpha value is -1.73. The standard InChI is InChI=1S/C13H15BClNO5/c1-2-3-10(17)16-9-6-7-4-5-8(15)11(13(18)19)12(7)21-14(9)20/h4-5,9,20H,2-3,6H2,1H3,(H,16,17)(H,18,19)/t9-/m0/s1. The van der Waals surface area contributed by atoms with Crippen molar-refractivity contribution in [2.75, 3.05) is 0 Å². The maximum atomic E-state index is 11.6. The van der Waals surface area contributed by atoms with Crippen LogP contribution < -0.4 is 9.97 Å². The van der Waals surface area contributed by atoms with Gasteiger partial charge in [0.1, 0.15) is 11.3 Å². The van der Waals surface area contributed by atoms with E-state index in [0.29, 0.717) is 18.4 Å². The van der Waals surface area contributed by atoms with Crippen LogP contribution in [0.25, 0.3) is 0 Å². The van der Waals surface area contributed by atoms with E-state index in [9.17, 15) is 19.7 Å². The van der Waals surface area contributed by atoms with Gasteiger partial charge >= 0.3 is 13.1 Å². The number of carboxylic acids is 1. The van der Waals surface area contributed by atoms with E-state index in [2.05, 4.69) is 5.32 Å². The smallest absolute Gasteiger partial charge is 0.534 e. The first-order chi connectivity index (χ1) is 9.93. The van der Waals surface area contributed by atoms with Crippen molar-refractivity contribution in [2.24, 2.45) is 0 Å². The molecule has 8 heteroatoms. The van der Waals surface area contributed by atoms with Crippen LogP contribution in [0.3, 0.4) is 0 Å². The van der Waals surface area contributed by atoms with Crippen molar-refractivity contribution < 1.29 is 24.4 Å². The van der Waals surface area contributed by atoms with Crippen LogP contribution in [0.15, 0.2) is 12.1 Å². The van der Waals surface area contributed by atoms with Gasteiger partial charge in [0.05, 0.1) is 11.0 Å². The van der Waals surface area contributed by atoms with Crippen molar-refractivity contribution in [1.82, 2.24) is 5.32 Å². The fourth-order valence-electron chi connectivity index (χ4n) is 2.27. The first-order valence-corrected chi connectivity index (χ1v) is 7.00. The van der Waals surface area contributed by atoms with Crippen molar-refractivity contribution in [3.8, 4) is 5.75 Å². The summed E-state index contributed by atoms with van der Waals surface area (Å²) >= 11 is 5.85. The van der Waals surface area contributed by atoms with Gasteiger partial charge in [-0.2, -0.15) is 0 Å². The topological polar surface area (TPSA) is 95.9 Å². The lowest BCUT2D eigenvalue weighted by Gasteiger charge is -2.29. The summed E-state index contributed by atoms with van der Waals surface area (Å²) in [5.41, 5.74) is 0.412. The number of hydrogen-bond acceptors (Lipinski definition) is 4. The van der Waals surface area contributed by atoms with Gasteiger partial charge in [-0.05, 0) is 24.5 Å². The maximum Gasteiger partial charge on any atom is 0.547 e. The molecule has 1 heterocycles. The molecule has 0 saturated carbocycles. The fourth-order valence-corrected chi connectivity index (χ4v) is 2.50. The molecule has 21 heavy (non-hydrogen) atoms. The van der Waals surface area contributed by atoms with E-state index >= 15 is 0 Å². The Morgan fingerprint density at radius 1 is 1.52 bits per heavy atom. The van der Waals surface area contributed by atoms with Gasteiger partial charge in [-0.1, -0.05) is 24.6 Å². The summed E-state index contributed by atoms with van der Waals surface area (Å²) in [5, 5.41) is 21.9. The molecule has 1 aromatic carbocycles. The first-order valence-electron chi connectivity index (χ1n) is 6.62. The number of halogens is 1. The molecule has 0 unspecified atom stereocenters. The van der Waals surface area contributed by atoms with Crippen molar-refractivity contribution >= 4 is 30.6 Å². The second kappa shape index (κ2) is 6.36. The maximum absolute atomic E-state index is 11.6. The molecule has 1 amide bonds. The lowest BCUT2D eigenvalue weighted by atomic mass is 9.72. The summed E-state index contributed by atoms with van der Waals surface area (Å²) in [6.45, 7) is 1.88. The molecule has 1 aromatic rings. The van der Waals surface area contributed by atoms with E-state index in [1.54, 1.807) is 6.07 Å². The third-order valence-electron chi connectivity index (χ3n) is 3.25. The Morgan fingerprint density at radius 2 is 2.24 bits per heavy atom. The van der Waals surface area contributed by atoms with Gasteiger partial charge in [0.25, 0.3) is 0 Å². The number of aromatic carboxylic acids is 1. The second-order valence-electron chi connectivity index (χ2n) is 4.85. The molecule has 0 aliphatic carbocycles. The zero-order chi connectivity index (χ0) is 15.6. The van der Waals surface area contributed by atoms with Crippen LogP contribution in [0.5, 0.6) is 5.75 Å². The van der Waals surface area contributed by atoms with Crippen LogP contribution >= 0.6 is 11.6 Å². The van der Waals surface area contributed by atoms with Gasteiger partial charge in [-0.25, -0.2) is 4.79 Å². The number of amides is 1. The lowest BCUT2D eigenvalue weighted by molar-refractivity contribution is -0.121. The minimum absolute atomic E-state index is 0.0434. The minimum Gasteiger partial charge on any atom is -0.534 e. The van der Waals surface area contributed by atoms with Crippen LogP contribution in [0.4, 0.5) is 0 Å². The predicted octanol–water partition coefficient (Wildman–Crippen LogP) is 1.28. The molecule has 0 saturated heterocycles. The zero-order valence-corrected chi connectivity index (χ0v) is 12.2. The number of benzene rings is 1. The number of fused-ring (bicyclic) bond motifs is 1. The molecular weight excluding hydrogens is 296 g/mol. The number of nitrogens with one attached hydrogen (secondary N) is 1. The monoisotopic (exact) mass is 311 g/mol. The highest BCUT2D eigenvalue weighted by atomic mass is 35.5. The van der Waals surface area contributed by atoms with Gasteiger partial charge in [-0.15, -0.1) is 0 Å². The summed E-state index contributed by atoms with van der Waals surface area (Å²) < 4.78 is 5.27. The molecule has 0 radical (unpaired) electrons. The quantitative estimate of drug-likeness (QED) is 0.728. The SMILES string of the molecule is CCCC(=O)N[C@H]1Cc2ccc(Cl)c(C(=O)O)c2OB1O. The highest BCUT2D eigenvalue weighted by Gasteiger charge is 2.38. The highest BCUT2D eigenvalue weighted by Crippen LogP contribution is 2.34. The van der Waals surface area contributed by atoms with E-state index in [0.717, 1.165) is 0 Å². The van der Waals surface area contributed by atoms with Crippen molar-refractivity contribution in [3.63, 3.8) is 0 Å². The van der Waals surface area contributed by atoms with E-state index in [4.69, 9.17) is 16.3 Å². The number of rotatable bonds is 4. The van der Waals surface area contributed by atoms with Crippen molar-refractivity contribution in [1.29, 1.82) is 0 Å². The Morgan fingerprint density at radius 3 is 2.86 bits per heavy atom. The molecule has 0 spiro atoms. The van der Waals surface area contributed by atoms with Gasteiger partial charge in [0, 0.05) is 6.42 Å². The minimum atomic E-state index is -1.31. The van der Waals surface area contributed by atoms with E-state index in [1.165, 1.54) is 6.07 Å². The molecule has 112 valence electrons. The Kier molecular flexibility index (Phi) is 4.75. The third kappa shape index (κ3) is 3.30. The number of carboxylic acid groups (broad SMARTS) is 1. The molecule has 2 rings (SSSR count). The average molecular weight is 312 g/mol. The van der Waals surface area contributed by atoms with Gasteiger partial charge in [-0.3, -0.25) is 4.79 Å². The Balaban J connectivity index is 2.26. The predicted molar refractivity (Wildman–Crippen MR) is 77.6 cm³/mol. The fraction of sp³-hybridized carbons (Fsp3) is 0.385. The molecule has 0 fully saturated rings. The summed E-state index contributed by atoms with van der Waals surface area (Å²) in [4.78, 5) is 22.8. The Bertz CT molecular complexity index is 580. The summed E-state index contributed by atoms with van der Waals surface area (Å²) in [5.74, 6) is -1.96. The van der Waals surface area contributed by atoms with Crippen LogP contribution in [-0.4, -0.2) is 35.1 Å². The van der Waals surface area contributed by atoms with Gasteiger partial charge in [0.2, 0.25) is 5.91 Å². The average Bonchev–Trinajstić information content (AvgIpc) is 2.39. The van der Waals surface area contributed by atoms with Crippen molar-refractivity contribution in [2.45, 2.75) is 32.1 Å². The molecule has 1 atom stereocenters. The van der Waals surface area contributed by atoms with E-state index in [-0.39, 0.29) is 28.7 Å². The number of carbonyl (C=O) groups is 2. The highest BCUT2D eigenvalue weighted by molar-refractivity contribution is 6.47. The molecule has 3 N–H and O–H groups in total. The Labute approximate surface area is 127 Å². The van der Waals surface area contributed by atoms with E-state index in [1.807, 2.05) is 6.92 Å². The number of hydrogen-bond donors (Lipinski definition) is 3. The first kappa shape index (κ1) is 15.7. The second-order valence-corrected chi connectivity index (χ2v) is 5.26. The largest absolute Gasteiger partial charge is 0.547 e. The summed E-state index contributed by atoms with van der Waals surface area (Å²) in [6, 6.07) is 3.10.